The highest BCUT2D eigenvalue weighted by molar-refractivity contribution is 5.72. The number of ether oxygens (including phenoxy) is 3. The Morgan fingerprint density at radius 2 is 1.77 bits per heavy atom. The van der Waals surface area contributed by atoms with E-state index in [1.165, 1.54) is 0 Å². The van der Waals surface area contributed by atoms with Crippen LogP contribution in [-0.2, 0) is 0 Å². The average molecular weight is 408 g/mol. The Hall–Kier alpha value is -3.75. The van der Waals surface area contributed by atoms with Gasteiger partial charge in [-0.1, -0.05) is 13.8 Å². The zero-order valence-corrected chi connectivity index (χ0v) is 17.6. The Labute approximate surface area is 174 Å². The molecule has 3 aromatic heterocycles. The van der Waals surface area contributed by atoms with Crippen LogP contribution in [0.4, 0.5) is 11.6 Å². The van der Waals surface area contributed by atoms with E-state index in [1.807, 2.05) is 45.7 Å². The van der Waals surface area contributed by atoms with Crippen LogP contribution in [0.3, 0.4) is 0 Å². The van der Waals surface area contributed by atoms with Crippen LogP contribution in [0.25, 0.3) is 11.2 Å². The fourth-order valence-electron chi connectivity index (χ4n) is 3.15. The molecule has 9 nitrogen and oxygen atoms in total. The minimum atomic E-state index is 0.203. The zero-order chi connectivity index (χ0) is 21.3. The van der Waals surface area contributed by atoms with Crippen LogP contribution >= 0.6 is 0 Å². The van der Waals surface area contributed by atoms with Crippen molar-refractivity contribution in [1.29, 1.82) is 0 Å². The standard InChI is InChI=1S/C21H24N6O3/c1-13(2)20-24-21(15-7-6-8-27(15)25-20)23-18-11-26(12-22-18)14-9-16(28-3)19(30-5)17(10-14)29-4/h6-13H,1-5H3,(H,23,24,25). The molecule has 0 bridgehead atoms. The molecule has 156 valence electrons. The SMILES string of the molecule is COc1cc(-n2cnc(Nc3nc(C(C)C)nn4cccc34)c2)cc(OC)c1OC. The highest BCUT2D eigenvalue weighted by Gasteiger charge is 2.15. The van der Waals surface area contributed by atoms with E-state index in [4.69, 9.17) is 14.2 Å². The van der Waals surface area contributed by atoms with Gasteiger partial charge < -0.3 is 24.1 Å². The third kappa shape index (κ3) is 3.49. The van der Waals surface area contributed by atoms with Gasteiger partial charge in [0.2, 0.25) is 5.75 Å². The Morgan fingerprint density at radius 3 is 2.40 bits per heavy atom. The molecule has 0 aliphatic rings. The molecular weight excluding hydrogens is 384 g/mol. The topological polar surface area (TPSA) is 87.7 Å². The molecular formula is C21H24N6O3. The van der Waals surface area contributed by atoms with Crippen molar-refractivity contribution in [2.45, 2.75) is 19.8 Å². The molecule has 0 amide bonds. The number of nitrogens with one attached hydrogen (secondary N) is 1. The van der Waals surface area contributed by atoms with Gasteiger partial charge in [-0.15, -0.1) is 0 Å². The molecule has 3 heterocycles. The van der Waals surface area contributed by atoms with E-state index in [0.717, 1.165) is 17.0 Å². The predicted octanol–water partition coefficient (Wildman–Crippen LogP) is 3.81. The fraction of sp³-hybridized carbons (Fsp3) is 0.286. The van der Waals surface area contributed by atoms with Gasteiger partial charge >= 0.3 is 0 Å². The van der Waals surface area contributed by atoms with Crippen LogP contribution in [0.15, 0.2) is 43.0 Å². The summed E-state index contributed by atoms with van der Waals surface area (Å²) in [7, 11) is 4.76. The first-order valence-electron chi connectivity index (χ1n) is 9.50. The molecule has 4 rings (SSSR count). The third-order valence-corrected chi connectivity index (χ3v) is 4.70. The molecule has 4 aromatic rings. The van der Waals surface area contributed by atoms with Gasteiger partial charge in [-0.3, -0.25) is 0 Å². The maximum Gasteiger partial charge on any atom is 0.203 e. The monoisotopic (exact) mass is 408 g/mol. The van der Waals surface area contributed by atoms with E-state index in [-0.39, 0.29) is 5.92 Å². The molecule has 0 radical (unpaired) electrons. The van der Waals surface area contributed by atoms with Crippen LogP contribution in [0.5, 0.6) is 17.2 Å². The van der Waals surface area contributed by atoms with Gasteiger partial charge in [0.1, 0.15) is 17.7 Å². The smallest absolute Gasteiger partial charge is 0.203 e. The number of anilines is 2. The van der Waals surface area contributed by atoms with Gasteiger partial charge in [0, 0.05) is 24.2 Å². The lowest BCUT2D eigenvalue weighted by atomic mass is 10.2. The lowest BCUT2D eigenvalue weighted by molar-refractivity contribution is 0.324. The molecule has 0 saturated carbocycles. The molecule has 9 heteroatoms. The van der Waals surface area contributed by atoms with E-state index in [1.54, 1.807) is 27.7 Å². The Bertz CT molecular complexity index is 1160. The Morgan fingerprint density at radius 1 is 1.03 bits per heavy atom. The number of imidazole rings is 1. The summed E-state index contributed by atoms with van der Waals surface area (Å²) < 4.78 is 20.0. The van der Waals surface area contributed by atoms with Crippen molar-refractivity contribution in [3.8, 4) is 22.9 Å². The summed E-state index contributed by atoms with van der Waals surface area (Å²) in [5.41, 5.74) is 1.70. The van der Waals surface area contributed by atoms with Crippen LogP contribution < -0.4 is 19.5 Å². The van der Waals surface area contributed by atoms with Crippen LogP contribution in [0, 0.1) is 0 Å². The van der Waals surface area contributed by atoms with Crippen LogP contribution in [0.2, 0.25) is 0 Å². The second kappa shape index (κ2) is 7.94. The second-order valence-electron chi connectivity index (χ2n) is 6.99. The summed E-state index contributed by atoms with van der Waals surface area (Å²) in [5, 5.41) is 7.85. The molecule has 0 fully saturated rings. The van der Waals surface area contributed by atoms with Crippen molar-refractivity contribution < 1.29 is 14.2 Å². The van der Waals surface area contributed by atoms with E-state index < -0.39 is 0 Å². The maximum atomic E-state index is 5.44. The first-order chi connectivity index (χ1) is 14.5. The third-order valence-electron chi connectivity index (χ3n) is 4.70. The van der Waals surface area contributed by atoms with Gasteiger partial charge in [0.25, 0.3) is 0 Å². The average Bonchev–Trinajstić information content (AvgIpc) is 3.42. The van der Waals surface area contributed by atoms with Gasteiger partial charge in [-0.05, 0) is 12.1 Å². The number of benzene rings is 1. The second-order valence-corrected chi connectivity index (χ2v) is 6.99. The van der Waals surface area contributed by atoms with Gasteiger partial charge in [-0.25, -0.2) is 14.5 Å². The van der Waals surface area contributed by atoms with Crippen molar-refractivity contribution >= 4 is 17.2 Å². The number of nitrogens with zero attached hydrogens (tertiary/aromatic N) is 5. The summed E-state index contributed by atoms with van der Waals surface area (Å²) in [4.78, 5) is 9.15. The lowest BCUT2D eigenvalue weighted by Gasteiger charge is -2.14. The molecule has 0 aliphatic heterocycles. The van der Waals surface area contributed by atoms with E-state index in [2.05, 4.69) is 34.2 Å². The van der Waals surface area contributed by atoms with Crippen molar-refractivity contribution in [2.24, 2.45) is 0 Å². The fourth-order valence-corrected chi connectivity index (χ4v) is 3.15. The van der Waals surface area contributed by atoms with Crippen LogP contribution in [-0.4, -0.2) is 45.5 Å². The van der Waals surface area contributed by atoms with E-state index in [0.29, 0.717) is 28.9 Å². The largest absolute Gasteiger partial charge is 0.493 e. The van der Waals surface area contributed by atoms with E-state index in [9.17, 15) is 0 Å². The number of fused-ring (bicyclic) bond motifs is 1. The molecule has 1 aromatic carbocycles. The highest BCUT2D eigenvalue weighted by atomic mass is 16.5. The summed E-state index contributed by atoms with van der Waals surface area (Å²) >= 11 is 0. The summed E-state index contributed by atoms with van der Waals surface area (Å²) in [6, 6.07) is 7.62. The highest BCUT2D eigenvalue weighted by Crippen LogP contribution is 2.39. The minimum absolute atomic E-state index is 0.203. The van der Waals surface area contributed by atoms with Gasteiger partial charge in [0.15, 0.2) is 23.1 Å². The molecule has 0 atom stereocenters. The lowest BCUT2D eigenvalue weighted by Crippen LogP contribution is -2.07. The number of hydrogen-bond acceptors (Lipinski definition) is 7. The summed E-state index contributed by atoms with van der Waals surface area (Å²) in [6.07, 6.45) is 5.49. The number of hydrogen-bond donors (Lipinski definition) is 1. The first-order valence-corrected chi connectivity index (χ1v) is 9.50. The van der Waals surface area contributed by atoms with Crippen LogP contribution in [0.1, 0.15) is 25.6 Å². The number of aromatic nitrogens is 5. The van der Waals surface area contributed by atoms with Crippen molar-refractivity contribution in [2.75, 3.05) is 26.6 Å². The van der Waals surface area contributed by atoms with Gasteiger partial charge in [0.05, 0.1) is 33.2 Å². The summed E-state index contributed by atoms with van der Waals surface area (Å²) in [6.45, 7) is 4.13. The maximum absolute atomic E-state index is 5.44. The van der Waals surface area contributed by atoms with Crippen molar-refractivity contribution in [1.82, 2.24) is 24.1 Å². The quantitative estimate of drug-likeness (QED) is 0.497. The molecule has 1 N–H and O–H groups in total. The Balaban J connectivity index is 1.69. The predicted molar refractivity (Wildman–Crippen MR) is 114 cm³/mol. The van der Waals surface area contributed by atoms with Gasteiger partial charge in [-0.2, -0.15) is 5.10 Å². The van der Waals surface area contributed by atoms with E-state index >= 15 is 0 Å². The molecule has 30 heavy (non-hydrogen) atoms. The summed E-state index contributed by atoms with van der Waals surface area (Å²) in [5.74, 6) is 4.00. The molecule has 0 aliphatic carbocycles. The Kier molecular flexibility index (Phi) is 5.18. The molecule has 0 unspecified atom stereocenters. The molecule has 0 saturated heterocycles. The normalized spacial score (nSPS) is 11.1. The number of rotatable bonds is 7. The molecule has 0 spiro atoms. The van der Waals surface area contributed by atoms with Crippen molar-refractivity contribution in [3.05, 3.63) is 48.8 Å². The first kappa shape index (κ1) is 19.6. The number of methoxy groups -OCH3 is 3. The zero-order valence-electron chi connectivity index (χ0n) is 17.6. The van der Waals surface area contributed by atoms with Crippen molar-refractivity contribution in [3.63, 3.8) is 0 Å². The minimum Gasteiger partial charge on any atom is -0.493 e.